The topological polar surface area (TPSA) is 15.3 Å². The number of hydrogen-bond donors (Lipinski definition) is 1. The first kappa shape index (κ1) is 11.2. The summed E-state index contributed by atoms with van der Waals surface area (Å²) in [4.78, 5) is 2.53. The van der Waals surface area contributed by atoms with Crippen LogP contribution in [0.3, 0.4) is 0 Å². The first-order valence-electron chi connectivity index (χ1n) is 6.47. The van der Waals surface area contributed by atoms with Crippen LogP contribution in [0, 0.1) is 5.92 Å². The molecule has 2 aliphatic rings. The summed E-state index contributed by atoms with van der Waals surface area (Å²) in [7, 11) is 0. The van der Waals surface area contributed by atoms with Crippen molar-refractivity contribution in [1.82, 2.24) is 10.2 Å². The van der Waals surface area contributed by atoms with Crippen molar-refractivity contribution in [1.29, 1.82) is 0 Å². The summed E-state index contributed by atoms with van der Waals surface area (Å²) in [6.45, 7) is 8.47. The van der Waals surface area contributed by atoms with Crippen molar-refractivity contribution >= 4 is 0 Å². The molecule has 1 aliphatic heterocycles. The Bertz CT molecular complexity index is 197. The van der Waals surface area contributed by atoms with Crippen LogP contribution in [-0.2, 0) is 0 Å². The van der Waals surface area contributed by atoms with Gasteiger partial charge in [-0.3, -0.25) is 4.90 Å². The fraction of sp³-hybridized carbons (Fsp3) is 0.846. The van der Waals surface area contributed by atoms with Gasteiger partial charge >= 0.3 is 0 Å². The summed E-state index contributed by atoms with van der Waals surface area (Å²) in [5.74, 6) is 0.936. The molecule has 1 saturated heterocycles. The number of nitrogens with one attached hydrogen (secondary N) is 1. The fourth-order valence-electron chi connectivity index (χ4n) is 3.04. The first-order valence-corrected chi connectivity index (χ1v) is 6.47. The minimum atomic E-state index is 0.749. The number of piperazine rings is 1. The van der Waals surface area contributed by atoms with E-state index in [9.17, 15) is 0 Å². The molecule has 0 bridgehead atoms. The molecule has 0 radical (unpaired) electrons. The Kier molecular flexibility index (Phi) is 4.21. The van der Waals surface area contributed by atoms with E-state index in [2.05, 4.69) is 16.8 Å². The summed E-state index contributed by atoms with van der Waals surface area (Å²) in [6.07, 6.45) is 9.27. The normalized spacial score (nSPS) is 30.3. The third kappa shape index (κ3) is 3.05. The van der Waals surface area contributed by atoms with E-state index in [0.717, 1.165) is 25.0 Å². The highest BCUT2D eigenvalue weighted by molar-refractivity contribution is 4.87. The van der Waals surface area contributed by atoms with Crippen molar-refractivity contribution in [2.24, 2.45) is 5.92 Å². The standard InChI is InChI=1S/C13H24N2/c1-2-9-15-10-8-14-13(11-15)12-6-4-3-5-7-12/h2,12-14H,1,3-11H2. The predicted molar refractivity (Wildman–Crippen MR) is 65.0 cm³/mol. The SMILES string of the molecule is C=CCN1CCNC(C2CCCCC2)C1. The van der Waals surface area contributed by atoms with Crippen molar-refractivity contribution < 1.29 is 0 Å². The zero-order valence-electron chi connectivity index (χ0n) is 9.75. The average molecular weight is 208 g/mol. The van der Waals surface area contributed by atoms with E-state index >= 15 is 0 Å². The van der Waals surface area contributed by atoms with Crippen molar-refractivity contribution in [2.45, 2.75) is 38.1 Å². The average Bonchev–Trinajstić information content (AvgIpc) is 2.31. The third-order valence-corrected chi connectivity index (χ3v) is 3.90. The van der Waals surface area contributed by atoms with Crippen LogP contribution in [0.4, 0.5) is 0 Å². The number of rotatable bonds is 3. The van der Waals surface area contributed by atoms with Crippen LogP contribution in [0.2, 0.25) is 0 Å². The highest BCUT2D eigenvalue weighted by Crippen LogP contribution is 2.27. The van der Waals surface area contributed by atoms with Gasteiger partial charge in [0.15, 0.2) is 0 Å². The molecule has 1 unspecified atom stereocenters. The second-order valence-electron chi connectivity index (χ2n) is 5.01. The molecule has 2 heteroatoms. The molecule has 15 heavy (non-hydrogen) atoms. The lowest BCUT2D eigenvalue weighted by molar-refractivity contribution is 0.157. The van der Waals surface area contributed by atoms with Crippen molar-refractivity contribution in [3.05, 3.63) is 12.7 Å². The molecule has 86 valence electrons. The monoisotopic (exact) mass is 208 g/mol. The molecular formula is C13H24N2. The van der Waals surface area contributed by atoms with Gasteiger partial charge in [0, 0.05) is 32.2 Å². The highest BCUT2D eigenvalue weighted by Gasteiger charge is 2.27. The van der Waals surface area contributed by atoms with Gasteiger partial charge < -0.3 is 5.32 Å². The molecule has 0 aromatic rings. The van der Waals surface area contributed by atoms with Gasteiger partial charge in [-0.05, 0) is 18.8 Å². The maximum atomic E-state index is 3.83. The van der Waals surface area contributed by atoms with Gasteiger partial charge in [0.1, 0.15) is 0 Å². The molecule has 2 fully saturated rings. The predicted octanol–water partition coefficient (Wildman–Crippen LogP) is 2.03. The van der Waals surface area contributed by atoms with Gasteiger partial charge in [0.05, 0.1) is 0 Å². The summed E-state index contributed by atoms with van der Waals surface area (Å²) in [5, 5.41) is 3.70. The molecule has 2 nitrogen and oxygen atoms in total. The number of hydrogen-bond acceptors (Lipinski definition) is 2. The van der Waals surface area contributed by atoms with Crippen molar-refractivity contribution in [3.63, 3.8) is 0 Å². The lowest BCUT2D eigenvalue weighted by atomic mass is 9.83. The Labute approximate surface area is 93.7 Å². The van der Waals surface area contributed by atoms with Gasteiger partial charge in [0.2, 0.25) is 0 Å². The Morgan fingerprint density at radius 2 is 2.07 bits per heavy atom. The second-order valence-corrected chi connectivity index (χ2v) is 5.01. The van der Waals surface area contributed by atoms with Crippen molar-refractivity contribution in [2.75, 3.05) is 26.2 Å². The van der Waals surface area contributed by atoms with Gasteiger partial charge in [-0.15, -0.1) is 6.58 Å². The minimum absolute atomic E-state index is 0.749. The van der Waals surface area contributed by atoms with E-state index in [4.69, 9.17) is 0 Å². The molecule has 1 heterocycles. The Balaban J connectivity index is 1.82. The summed E-state index contributed by atoms with van der Waals surface area (Å²) in [5.41, 5.74) is 0. The van der Waals surface area contributed by atoms with Crippen LogP contribution >= 0.6 is 0 Å². The van der Waals surface area contributed by atoms with Crippen LogP contribution in [0.1, 0.15) is 32.1 Å². The first-order chi connectivity index (χ1) is 7.40. The molecule has 2 rings (SSSR count). The zero-order chi connectivity index (χ0) is 10.5. The molecular weight excluding hydrogens is 184 g/mol. The van der Waals surface area contributed by atoms with Crippen LogP contribution in [0.15, 0.2) is 12.7 Å². The van der Waals surface area contributed by atoms with Gasteiger partial charge in [-0.1, -0.05) is 25.3 Å². The lowest BCUT2D eigenvalue weighted by Crippen LogP contribution is -2.53. The van der Waals surface area contributed by atoms with E-state index < -0.39 is 0 Å². The summed E-state index contributed by atoms with van der Waals surface area (Å²) in [6, 6.07) is 0.749. The van der Waals surface area contributed by atoms with Crippen LogP contribution in [0.5, 0.6) is 0 Å². The van der Waals surface area contributed by atoms with E-state index in [-0.39, 0.29) is 0 Å². The van der Waals surface area contributed by atoms with Crippen molar-refractivity contribution in [3.8, 4) is 0 Å². The van der Waals surface area contributed by atoms with Gasteiger partial charge in [-0.25, -0.2) is 0 Å². The van der Waals surface area contributed by atoms with E-state index in [1.807, 2.05) is 6.08 Å². The summed E-state index contributed by atoms with van der Waals surface area (Å²) >= 11 is 0. The van der Waals surface area contributed by atoms with E-state index in [1.54, 1.807) is 0 Å². The molecule has 1 aliphatic carbocycles. The smallest absolute Gasteiger partial charge is 0.0223 e. The largest absolute Gasteiger partial charge is 0.311 e. The third-order valence-electron chi connectivity index (χ3n) is 3.90. The minimum Gasteiger partial charge on any atom is -0.311 e. The van der Waals surface area contributed by atoms with E-state index in [0.29, 0.717) is 0 Å². The lowest BCUT2D eigenvalue weighted by Gasteiger charge is -2.38. The van der Waals surface area contributed by atoms with Gasteiger partial charge in [0.25, 0.3) is 0 Å². The molecule has 0 aromatic heterocycles. The van der Waals surface area contributed by atoms with Crippen LogP contribution in [0.25, 0.3) is 0 Å². The Morgan fingerprint density at radius 3 is 2.80 bits per heavy atom. The maximum Gasteiger partial charge on any atom is 0.0223 e. The van der Waals surface area contributed by atoms with E-state index in [1.165, 1.54) is 45.2 Å². The molecule has 1 saturated carbocycles. The Morgan fingerprint density at radius 1 is 1.27 bits per heavy atom. The molecule has 1 N–H and O–H groups in total. The maximum absolute atomic E-state index is 3.83. The quantitative estimate of drug-likeness (QED) is 0.714. The number of nitrogens with zero attached hydrogens (tertiary/aromatic N) is 1. The highest BCUT2D eigenvalue weighted by atomic mass is 15.2. The zero-order valence-corrected chi connectivity index (χ0v) is 9.75. The molecule has 0 aromatic carbocycles. The molecule has 0 spiro atoms. The van der Waals surface area contributed by atoms with Gasteiger partial charge in [-0.2, -0.15) is 0 Å². The fourth-order valence-corrected chi connectivity index (χ4v) is 3.04. The van der Waals surface area contributed by atoms with Crippen LogP contribution in [-0.4, -0.2) is 37.1 Å². The Hall–Kier alpha value is -0.340. The summed E-state index contributed by atoms with van der Waals surface area (Å²) < 4.78 is 0. The second kappa shape index (κ2) is 5.66. The molecule has 1 atom stereocenters. The van der Waals surface area contributed by atoms with Crippen LogP contribution < -0.4 is 5.32 Å². The molecule has 0 amide bonds.